The Morgan fingerprint density at radius 2 is 1.90 bits per heavy atom. The fraction of sp³-hybridized carbons (Fsp3) is 0.533. The van der Waals surface area contributed by atoms with E-state index in [1.165, 1.54) is 12.1 Å². The number of benzene rings is 1. The van der Waals surface area contributed by atoms with Gasteiger partial charge in [-0.2, -0.15) is 13.2 Å². The zero-order valence-corrected chi connectivity index (χ0v) is 11.6. The van der Waals surface area contributed by atoms with Crippen molar-refractivity contribution in [3.05, 3.63) is 29.3 Å². The molecule has 116 valence electrons. The Morgan fingerprint density at radius 1 is 1.24 bits per heavy atom. The number of hydrogen-bond acceptors (Lipinski definition) is 2. The van der Waals surface area contributed by atoms with Crippen molar-refractivity contribution >= 4 is 5.91 Å². The number of halogens is 3. The van der Waals surface area contributed by atoms with E-state index in [9.17, 15) is 18.0 Å². The predicted octanol–water partition coefficient (Wildman–Crippen LogP) is 3.77. The van der Waals surface area contributed by atoms with Crippen LogP contribution >= 0.6 is 0 Å². The van der Waals surface area contributed by atoms with Crippen molar-refractivity contribution in [3.63, 3.8) is 0 Å². The number of primary amides is 1. The molecule has 0 aliphatic heterocycles. The maximum Gasteiger partial charge on any atom is 0.422 e. The average Bonchev–Trinajstić information content (AvgIpc) is 2.44. The molecule has 1 fully saturated rings. The molecule has 2 rings (SSSR count). The molecule has 1 saturated carbocycles. The Labute approximate surface area is 121 Å². The Kier molecular flexibility index (Phi) is 4.75. The molecule has 0 aromatic heterocycles. The van der Waals surface area contributed by atoms with Gasteiger partial charge in [-0.15, -0.1) is 0 Å². The molecule has 0 heterocycles. The van der Waals surface area contributed by atoms with Crippen LogP contribution in [0.5, 0.6) is 5.75 Å². The summed E-state index contributed by atoms with van der Waals surface area (Å²) in [6.45, 7) is -1.37. The minimum absolute atomic E-state index is 0.0330. The Bertz CT molecular complexity index is 508. The Morgan fingerprint density at radius 3 is 2.48 bits per heavy atom. The van der Waals surface area contributed by atoms with Gasteiger partial charge in [-0.25, -0.2) is 0 Å². The summed E-state index contributed by atoms with van der Waals surface area (Å²) >= 11 is 0. The fourth-order valence-corrected chi connectivity index (χ4v) is 2.86. The summed E-state index contributed by atoms with van der Waals surface area (Å²) in [4.78, 5) is 11.6. The molecule has 0 unspecified atom stereocenters. The number of rotatable bonds is 4. The number of carbonyl (C=O) groups excluding carboxylic acids is 1. The van der Waals surface area contributed by atoms with Gasteiger partial charge in [0, 0.05) is 11.1 Å². The summed E-state index contributed by atoms with van der Waals surface area (Å²) in [6, 6.07) is 4.52. The monoisotopic (exact) mass is 301 g/mol. The van der Waals surface area contributed by atoms with Crippen LogP contribution in [0.3, 0.4) is 0 Å². The van der Waals surface area contributed by atoms with E-state index in [1.54, 1.807) is 6.07 Å². The van der Waals surface area contributed by atoms with Crippen LogP contribution < -0.4 is 10.5 Å². The van der Waals surface area contributed by atoms with Crippen molar-refractivity contribution < 1.29 is 22.7 Å². The number of amides is 1. The second kappa shape index (κ2) is 6.37. The quantitative estimate of drug-likeness (QED) is 0.920. The van der Waals surface area contributed by atoms with Crippen molar-refractivity contribution in [3.8, 4) is 5.75 Å². The zero-order chi connectivity index (χ0) is 15.5. The van der Waals surface area contributed by atoms with E-state index in [0.29, 0.717) is 5.56 Å². The minimum Gasteiger partial charge on any atom is -0.484 e. The molecule has 1 amide bonds. The molecule has 1 aliphatic carbocycles. The molecule has 1 aromatic rings. The molecule has 3 nitrogen and oxygen atoms in total. The molecular weight excluding hydrogens is 283 g/mol. The van der Waals surface area contributed by atoms with Crippen molar-refractivity contribution in [2.75, 3.05) is 6.61 Å². The summed E-state index contributed by atoms with van der Waals surface area (Å²) in [5, 5.41) is 0. The molecule has 0 bridgehead atoms. The topological polar surface area (TPSA) is 52.3 Å². The Balaban J connectivity index is 2.34. The van der Waals surface area contributed by atoms with Crippen molar-refractivity contribution in [1.29, 1.82) is 0 Å². The van der Waals surface area contributed by atoms with Crippen LogP contribution in [0, 0.1) is 0 Å². The molecule has 21 heavy (non-hydrogen) atoms. The lowest BCUT2D eigenvalue weighted by Crippen LogP contribution is -2.22. The van der Waals surface area contributed by atoms with Gasteiger partial charge >= 0.3 is 6.18 Å². The molecule has 1 aliphatic rings. The molecule has 0 atom stereocenters. The van der Waals surface area contributed by atoms with Gasteiger partial charge in [-0.1, -0.05) is 25.3 Å². The van der Waals surface area contributed by atoms with Crippen LogP contribution in [-0.2, 0) is 0 Å². The Hall–Kier alpha value is -1.72. The van der Waals surface area contributed by atoms with E-state index in [1.807, 2.05) is 0 Å². The van der Waals surface area contributed by atoms with Gasteiger partial charge < -0.3 is 10.5 Å². The molecule has 6 heteroatoms. The van der Waals surface area contributed by atoms with Crippen LogP contribution in [0.2, 0.25) is 0 Å². The van der Waals surface area contributed by atoms with Gasteiger partial charge in [0.2, 0.25) is 5.91 Å². The van der Waals surface area contributed by atoms with Gasteiger partial charge in [-0.3, -0.25) is 4.79 Å². The van der Waals surface area contributed by atoms with Crippen LogP contribution in [0.4, 0.5) is 13.2 Å². The highest BCUT2D eigenvalue weighted by atomic mass is 19.4. The maximum absolute atomic E-state index is 12.4. The molecule has 2 N–H and O–H groups in total. The summed E-state index contributed by atoms with van der Waals surface area (Å²) in [5.74, 6) is -0.478. The summed E-state index contributed by atoms with van der Waals surface area (Å²) in [7, 11) is 0. The summed E-state index contributed by atoms with van der Waals surface area (Å²) in [6.07, 6.45) is 0.368. The summed E-state index contributed by atoms with van der Waals surface area (Å²) in [5.41, 5.74) is 6.16. The van der Waals surface area contributed by atoms with Gasteiger partial charge in [0.05, 0.1) is 0 Å². The lowest BCUT2D eigenvalue weighted by Gasteiger charge is -2.26. The second-order valence-electron chi connectivity index (χ2n) is 5.32. The first-order valence-corrected chi connectivity index (χ1v) is 7.01. The van der Waals surface area contributed by atoms with Crippen LogP contribution in [-0.4, -0.2) is 18.7 Å². The highest BCUT2D eigenvalue weighted by Crippen LogP contribution is 2.39. The van der Waals surface area contributed by atoms with Crippen LogP contribution in [0.25, 0.3) is 0 Å². The van der Waals surface area contributed by atoms with Gasteiger partial charge in [0.25, 0.3) is 0 Å². The maximum atomic E-state index is 12.4. The smallest absolute Gasteiger partial charge is 0.422 e. The normalized spacial score (nSPS) is 16.7. The van der Waals surface area contributed by atoms with Crippen LogP contribution in [0.15, 0.2) is 18.2 Å². The van der Waals surface area contributed by atoms with E-state index >= 15 is 0 Å². The van der Waals surface area contributed by atoms with Crippen molar-refractivity contribution in [1.82, 2.24) is 0 Å². The largest absolute Gasteiger partial charge is 0.484 e. The predicted molar refractivity (Wildman–Crippen MR) is 72.3 cm³/mol. The summed E-state index contributed by atoms with van der Waals surface area (Å²) < 4.78 is 42.0. The fourth-order valence-electron chi connectivity index (χ4n) is 2.86. The number of carbonyl (C=O) groups is 1. The van der Waals surface area contributed by atoms with Gasteiger partial charge in [0.15, 0.2) is 6.61 Å². The molecule has 0 saturated heterocycles. The van der Waals surface area contributed by atoms with Gasteiger partial charge in [0.1, 0.15) is 5.75 Å². The molecule has 1 aromatic carbocycles. The van der Waals surface area contributed by atoms with Crippen LogP contribution in [0.1, 0.15) is 53.9 Å². The first kappa shape index (κ1) is 15.7. The highest BCUT2D eigenvalue weighted by molar-refractivity contribution is 5.95. The first-order chi connectivity index (χ1) is 9.88. The standard InChI is InChI=1S/C15H18F3NO2/c16-15(17,18)9-21-12-8-4-7-11(14(19)20)13(12)10-5-2-1-3-6-10/h4,7-8,10H,1-3,5-6,9H2,(H2,19,20). The van der Waals surface area contributed by atoms with E-state index in [4.69, 9.17) is 10.5 Å². The third kappa shape index (κ3) is 4.12. The van der Waals surface area contributed by atoms with Crippen molar-refractivity contribution in [2.45, 2.75) is 44.2 Å². The van der Waals surface area contributed by atoms with E-state index in [2.05, 4.69) is 0 Å². The number of hydrogen-bond donors (Lipinski definition) is 1. The number of nitrogens with two attached hydrogens (primary N) is 1. The SMILES string of the molecule is NC(=O)c1cccc(OCC(F)(F)F)c1C1CCCCC1. The van der Waals surface area contributed by atoms with Crippen molar-refractivity contribution in [2.24, 2.45) is 5.73 Å². The molecule has 0 radical (unpaired) electrons. The third-order valence-corrected chi connectivity index (χ3v) is 3.74. The van der Waals surface area contributed by atoms with E-state index in [-0.39, 0.29) is 17.2 Å². The second-order valence-corrected chi connectivity index (χ2v) is 5.32. The molecule has 0 spiro atoms. The average molecular weight is 301 g/mol. The highest BCUT2D eigenvalue weighted by Gasteiger charge is 2.30. The lowest BCUT2D eigenvalue weighted by molar-refractivity contribution is -0.153. The van der Waals surface area contributed by atoms with E-state index < -0.39 is 18.7 Å². The first-order valence-electron chi connectivity index (χ1n) is 7.01. The van der Waals surface area contributed by atoms with E-state index in [0.717, 1.165) is 32.1 Å². The third-order valence-electron chi connectivity index (χ3n) is 3.74. The number of ether oxygens (including phenoxy) is 1. The minimum atomic E-state index is -4.41. The zero-order valence-electron chi connectivity index (χ0n) is 11.6. The number of alkyl halides is 3. The van der Waals surface area contributed by atoms with Gasteiger partial charge in [-0.05, 0) is 30.9 Å². The molecular formula is C15H18F3NO2. The lowest BCUT2D eigenvalue weighted by atomic mass is 9.81.